The van der Waals surface area contributed by atoms with E-state index in [0.717, 1.165) is 21.0 Å². The number of aromatic nitrogens is 1. The average molecular weight is 283 g/mol. The number of rotatable bonds is 3. The Morgan fingerprint density at radius 3 is 2.90 bits per heavy atom. The molecule has 5 heteroatoms. The highest BCUT2D eigenvalue weighted by Crippen LogP contribution is 2.29. The van der Waals surface area contributed by atoms with Gasteiger partial charge in [0.15, 0.2) is 5.13 Å². The van der Waals surface area contributed by atoms with Gasteiger partial charge in [0.05, 0.1) is 10.2 Å². The zero-order valence-electron chi connectivity index (χ0n) is 10.9. The van der Waals surface area contributed by atoms with Crippen LogP contribution < -0.4 is 11.1 Å². The molecule has 0 radical (unpaired) electrons. The number of aryl methyl sites for hydroxylation is 1. The van der Waals surface area contributed by atoms with E-state index in [1.54, 1.807) is 29.5 Å². The molecule has 2 aromatic carbocycles. The normalized spacial score (nSPS) is 10.7. The molecule has 0 saturated heterocycles. The number of nitrogens with two attached hydrogens (primary N) is 1. The Kier molecular flexibility index (Phi) is 3.12. The fourth-order valence-electron chi connectivity index (χ4n) is 1.96. The number of nitrogens with one attached hydrogen (secondary N) is 1. The molecule has 1 aromatic heterocycles. The first kappa shape index (κ1) is 12.6. The summed E-state index contributed by atoms with van der Waals surface area (Å²) in [4.78, 5) is 15.7. The summed E-state index contributed by atoms with van der Waals surface area (Å²) in [5, 5.41) is 4.01. The summed E-state index contributed by atoms with van der Waals surface area (Å²) < 4.78 is 1.14. The van der Waals surface area contributed by atoms with Gasteiger partial charge in [-0.15, -0.1) is 0 Å². The summed E-state index contributed by atoms with van der Waals surface area (Å²) in [6, 6.07) is 13.2. The van der Waals surface area contributed by atoms with Gasteiger partial charge in [-0.25, -0.2) is 4.98 Å². The Bertz CT molecular complexity index is 795. The standard InChI is InChI=1S/C15H13N3OS/c1-9-5-6-12-13(7-9)20-15(18-12)17-11-4-2-3-10(8-11)14(16)19/h2-8H,1H3,(H2,16,19)(H,17,18). The van der Waals surface area contributed by atoms with Crippen molar-refractivity contribution in [2.75, 3.05) is 5.32 Å². The van der Waals surface area contributed by atoms with Crippen LogP contribution in [0.1, 0.15) is 15.9 Å². The fourth-order valence-corrected chi connectivity index (χ4v) is 2.94. The first-order chi connectivity index (χ1) is 9.61. The largest absolute Gasteiger partial charge is 0.366 e. The summed E-state index contributed by atoms with van der Waals surface area (Å²) in [5.41, 5.74) is 8.73. The molecule has 0 aliphatic carbocycles. The fraction of sp³-hybridized carbons (Fsp3) is 0.0667. The quantitative estimate of drug-likeness (QED) is 0.773. The second kappa shape index (κ2) is 4.94. The molecule has 20 heavy (non-hydrogen) atoms. The summed E-state index contributed by atoms with van der Waals surface area (Å²) in [7, 11) is 0. The van der Waals surface area contributed by atoms with Gasteiger partial charge in [-0.05, 0) is 42.8 Å². The molecule has 3 rings (SSSR count). The molecule has 0 aliphatic rings. The number of hydrogen-bond acceptors (Lipinski definition) is 4. The second-order valence-corrected chi connectivity index (χ2v) is 5.59. The van der Waals surface area contributed by atoms with Crippen LogP contribution in [0.2, 0.25) is 0 Å². The molecule has 0 bridgehead atoms. The van der Waals surface area contributed by atoms with Crippen LogP contribution in [0.5, 0.6) is 0 Å². The highest BCUT2D eigenvalue weighted by molar-refractivity contribution is 7.22. The molecule has 4 nitrogen and oxygen atoms in total. The minimum absolute atomic E-state index is 0.437. The molecule has 0 aliphatic heterocycles. The molecule has 0 atom stereocenters. The maximum atomic E-state index is 11.2. The Morgan fingerprint density at radius 1 is 1.25 bits per heavy atom. The van der Waals surface area contributed by atoms with E-state index in [-0.39, 0.29) is 0 Å². The highest BCUT2D eigenvalue weighted by atomic mass is 32.1. The smallest absolute Gasteiger partial charge is 0.248 e. The van der Waals surface area contributed by atoms with E-state index in [0.29, 0.717) is 5.56 Å². The maximum Gasteiger partial charge on any atom is 0.248 e. The number of anilines is 2. The number of primary amides is 1. The lowest BCUT2D eigenvalue weighted by Crippen LogP contribution is -2.10. The van der Waals surface area contributed by atoms with Crippen molar-refractivity contribution in [2.45, 2.75) is 6.92 Å². The molecule has 1 amide bonds. The summed E-state index contributed by atoms with van der Waals surface area (Å²) >= 11 is 1.58. The lowest BCUT2D eigenvalue weighted by Gasteiger charge is -2.03. The number of fused-ring (bicyclic) bond motifs is 1. The monoisotopic (exact) mass is 283 g/mol. The van der Waals surface area contributed by atoms with Gasteiger partial charge in [0.1, 0.15) is 0 Å². The van der Waals surface area contributed by atoms with Gasteiger partial charge < -0.3 is 11.1 Å². The summed E-state index contributed by atoms with van der Waals surface area (Å²) in [6.07, 6.45) is 0. The maximum absolute atomic E-state index is 11.2. The zero-order valence-corrected chi connectivity index (χ0v) is 11.7. The van der Waals surface area contributed by atoms with Gasteiger partial charge in [-0.2, -0.15) is 0 Å². The van der Waals surface area contributed by atoms with Gasteiger partial charge in [-0.3, -0.25) is 4.79 Å². The molecule has 0 unspecified atom stereocenters. The number of nitrogens with zero attached hydrogens (tertiary/aromatic N) is 1. The Labute approximate surface area is 120 Å². The first-order valence-corrected chi connectivity index (χ1v) is 6.97. The minimum Gasteiger partial charge on any atom is -0.366 e. The molecule has 3 N–H and O–H groups in total. The van der Waals surface area contributed by atoms with Crippen LogP contribution in [0.25, 0.3) is 10.2 Å². The van der Waals surface area contributed by atoms with Crippen molar-refractivity contribution in [1.82, 2.24) is 4.98 Å². The SMILES string of the molecule is Cc1ccc2nc(Nc3cccc(C(N)=O)c3)sc2c1. The molecule has 0 spiro atoms. The molecule has 0 fully saturated rings. The van der Waals surface area contributed by atoms with E-state index in [4.69, 9.17) is 5.73 Å². The molecule has 0 saturated carbocycles. The van der Waals surface area contributed by atoms with Crippen molar-refractivity contribution in [3.8, 4) is 0 Å². The van der Waals surface area contributed by atoms with Crippen LogP contribution in [0.15, 0.2) is 42.5 Å². The van der Waals surface area contributed by atoms with E-state index in [9.17, 15) is 4.79 Å². The Hall–Kier alpha value is -2.40. The predicted octanol–water partition coefficient (Wildman–Crippen LogP) is 3.45. The number of amides is 1. The van der Waals surface area contributed by atoms with Crippen LogP contribution in [0.4, 0.5) is 10.8 Å². The van der Waals surface area contributed by atoms with Crippen molar-refractivity contribution in [2.24, 2.45) is 5.73 Å². The number of carbonyl (C=O) groups is 1. The van der Waals surface area contributed by atoms with E-state index >= 15 is 0 Å². The lowest BCUT2D eigenvalue weighted by molar-refractivity contribution is 0.100. The third-order valence-electron chi connectivity index (χ3n) is 2.94. The van der Waals surface area contributed by atoms with Gasteiger partial charge in [0.2, 0.25) is 5.91 Å². The van der Waals surface area contributed by atoms with Gasteiger partial charge >= 0.3 is 0 Å². The Balaban J connectivity index is 1.92. The minimum atomic E-state index is -0.437. The van der Waals surface area contributed by atoms with Crippen molar-refractivity contribution in [1.29, 1.82) is 0 Å². The van der Waals surface area contributed by atoms with E-state index in [1.807, 2.05) is 18.2 Å². The molecule has 3 aromatic rings. The third kappa shape index (κ3) is 2.48. The number of thiazole rings is 1. The van der Waals surface area contributed by atoms with Crippen LogP contribution in [-0.4, -0.2) is 10.9 Å². The third-order valence-corrected chi connectivity index (χ3v) is 3.88. The molecular weight excluding hydrogens is 270 g/mol. The van der Waals surface area contributed by atoms with Gasteiger partial charge in [-0.1, -0.05) is 23.5 Å². The second-order valence-electron chi connectivity index (χ2n) is 4.56. The topological polar surface area (TPSA) is 68.0 Å². The number of carbonyl (C=O) groups excluding carboxylic acids is 1. The van der Waals surface area contributed by atoms with Crippen molar-refractivity contribution >= 4 is 38.3 Å². The van der Waals surface area contributed by atoms with Gasteiger partial charge in [0.25, 0.3) is 0 Å². The van der Waals surface area contributed by atoms with Crippen molar-refractivity contribution in [3.05, 3.63) is 53.6 Å². The van der Waals surface area contributed by atoms with Crippen molar-refractivity contribution < 1.29 is 4.79 Å². The molecule has 1 heterocycles. The van der Waals surface area contributed by atoms with Crippen LogP contribution in [-0.2, 0) is 0 Å². The number of hydrogen-bond donors (Lipinski definition) is 2. The lowest BCUT2D eigenvalue weighted by atomic mass is 10.2. The van der Waals surface area contributed by atoms with Crippen LogP contribution in [0.3, 0.4) is 0 Å². The highest BCUT2D eigenvalue weighted by Gasteiger charge is 2.06. The van der Waals surface area contributed by atoms with Crippen LogP contribution >= 0.6 is 11.3 Å². The van der Waals surface area contributed by atoms with E-state index in [2.05, 4.69) is 23.3 Å². The number of benzene rings is 2. The van der Waals surface area contributed by atoms with E-state index in [1.165, 1.54) is 5.56 Å². The molecule has 100 valence electrons. The Morgan fingerprint density at radius 2 is 2.10 bits per heavy atom. The predicted molar refractivity (Wildman–Crippen MR) is 82.6 cm³/mol. The summed E-state index contributed by atoms with van der Waals surface area (Å²) in [5.74, 6) is -0.437. The average Bonchev–Trinajstić information content (AvgIpc) is 2.80. The van der Waals surface area contributed by atoms with Crippen LogP contribution in [0, 0.1) is 6.92 Å². The van der Waals surface area contributed by atoms with Gasteiger partial charge in [0, 0.05) is 11.3 Å². The van der Waals surface area contributed by atoms with E-state index < -0.39 is 5.91 Å². The van der Waals surface area contributed by atoms with Crippen molar-refractivity contribution in [3.63, 3.8) is 0 Å². The zero-order chi connectivity index (χ0) is 14.1. The summed E-state index contributed by atoms with van der Waals surface area (Å²) in [6.45, 7) is 2.06. The first-order valence-electron chi connectivity index (χ1n) is 6.16. The molecular formula is C15H13N3OS.